The van der Waals surface area contributed by atoms with Gasteiger partial charge in [0, 0.05) is 18.3 Å². The number of nitrogens with zero attached hydrogens (tertiary/aromatic N) is 4. The summed E-state index contributed by atoms with van der Waals surface area (Å²) >= 11 is 0. The molecule has 0 fully saturated rings. The van der Waals surface area contributed by atoms with Crippen LogP contribution in [0.2, 0.25) is 0 Å². The molecule has 0 radical (unpaired) electrons. The van der Waals surface area contributed by atoms with Crippen molar-refractivity contribution >= 4 is 16.9 Å². The zero-order valence-electron chi connectivity index (χ0n) is 9.33. The molecule has 0 saturated carbocycles. The minimum atomic E-state index is 0.661. The number of aromatic nitrogens is 4. The van der Waals surface area contributed by atoms with Crippen LogP contribution in [0.5, 0.6) is 0 Å². The Morgan fingerprint density at radius 2 is 2.12 bits per heavy atom. The summed E-state index contributed by atoms with van der Waals surface area (Å²) in [5, 5.41) is 0. The van der Waals surface area contributed by atoms with Gasteiger partial charge in [0.25, 0.3) is 0 Å². The van der Waals surface area contributed by atoms with E-state index in [-0.39, 0.29) is 0 Å². The molecule has 2 aromatic heterocycles. The Hall–Kier alpha value is -2.43. The molecule has 0 aliphatic heterocycles. The highest BCUT2D eigenvalue weighted by atomic mass is 15.1. The van der Waals surface area contributed by atoms with Crippen LogP contribution in [0.25, 0.3) is 22.6 Å². The predicted octanol–water partition coefficient (Wildman–Crippen LogP) is 1.61. The van der Waals surface area contributed by atoms with Gasteiger partial charge in [-0.2, -0.15) is 0 Å². The van der Waals surface area contributed by atoms with E-state index in [4.69, 9.17) is 5.73 Å². The normalized spacial score (nSPS) is 10.9. The molecule has 0 unspecified atom stereocenters. The fourth-order valence-corrected chi connectivity index (χ4v) is 1.74. The fourth-order valence-electron chi connectivity index (χ4n) is 1.74. The SMILES string of the molecule is Cn1cnc2cnc(-c3cccc(N)c3)nc21. The minimum Gasteiger partial charge on any atom is -0.399 e. The van der Waals surface area contributed by atoms with Gasteiger partial charge in [0.15, 0.2) is 11.5 Å². The maximum atomic E-state index is 5.75. The van der Waals surface area contributed by atoms with Gasteiger partial charge in [0.2, 0.25) is 0 Å². The van der Waals surface area contributed by atoms with Crippen LogP contribution in [-0.4, -0.2) is 19.5 Å². The second-order valence-corrected chi connectivity index (χ2v) is 3.88. The van der Waals surface area contributed by atoms with Crippen LogP contribution >= 0.6 is 0 Å². The Morgan fingerprint density at radius 3 is 2.94 bits per heavy atom. The molecule has 0 aliphatic rings. The van der Waals surface area contributed by atoms with E-state index >= 15 is 0 Å². The number of hydrogen-bond acceptors (Lipinski definition) is 4. The molecular formula is C12H11N5. The lowest BCUT2D eigenvalue weighted by Crippen LogP contribution is -1.94. The third kappa shape index (κ3) is 1.61. The first-order chi connectivity index (χ1) is 8.24. The van der Waals surface area contributed by atoms with Gasteiger partial charge < -0.3 is 10.3 Å². The van der Waals surface area contributed by atoms with E-state index < -0.39 is 0 Å². The number of hydrogen-bond donors (Lipinski definition) is 1. The summed E-state index contributed by atoms with van der Waals surface area (Å²) in [5.74, 6) is 0.661. The molecular weight excluding hydrogens is 214 g/mol. The van der Waals surface area contributed by atoms with Crippen molar-refractivity contribution in [3.63, 3.8) is 0 Å². The molecule has 17 heavy (non-hydrogen) atoms. The summed E-state index contributed by atoms with van der Waals surface area (Å²) in [6.07, 6.45) is 3.45. The highest BCUT2D eigenvalue weighted by molar-refractivity contribution is 5.73. The largest absolute Gasteiger partial charge is 0.399 e. The molecule has 0 bridgehead atoms. The molecule has 0 spiro atoms. The number of rotatable bonds is 1. The second-order valence-electron chi connectivity index (χ2n) is 3.88. The lowest BCUT2D eigenvalue weighted by Gasteiger charge is -2.01. The van der Waals surface area contributed by atoms with Gasteiger partial charge in [-0.3, -0.25) is 0 Å². The fraction of sp³-hybridized carbons (Fsp3) is 0.0833. The average molecular weight is 225 g/mol. The molecule has 5 heteroatoms. The average Bonchev–Trinajstić information content (AvgIpc) is 2.71. The number of anilines is 1. The summed E-state index contributed by atoms with van der Waals surface area (Å²) in [4.78, 5) is 13.0. The van der Waals surface area contributed by atoms with Crippen LogP contribution < -0.4 is 5.73 Å². The standard InChI is InChI=1S/C12H11N5/c1-17-7-15-10-6-14-11(16-12(10)17)8-3-2-4-9(13)5-8/h2-7H,13H2,1H3. The van der Waals surface area contributed by atoms with Crippen LogP contribution in [0.4, 0.5) is 5.69 Å². The summed E-state index contributed by atoms with van der Waals surface area (Å²) in [5.41, 5.74) is 8.97. The van der Waals surface area contributed by atoms with Crippen molar-refractivity contribution in [3.05, 3.63) is 36.8 Å². The Morgan fingerprint density at radius 1 is 1.24 bits per heavy atom. The number of benzene rings is 1. The molecule has 0 saturated heterocycles. The van der Waals surface area contributed by atoms with Crippen LogP contribution in [0.3, 0.4) is 0 Å². The third-order valence-electron chi connectivity index (χ3n) is 2.60. The summed E-state index contributed by atoms with van der Waals surface area (Å²) < 4.78 is 1.87. The van der Waals surface area contributed by atoms with Crippen molar-refractivity contribution in [2.24, 2.45) is 7.05 Å². The van der Waals surface area contributed by atoms with Gasteiger partial charge in [-0.25, -0.2) is 15.0 Å². The minimum absolute atomic E-state index is 0.661. The van der Waals surface area contributed by atoms with E-state index in [1.165, 1.54) is 0 Å². The number of fused-ring (bicyclic) bond motifs is 1. The van der Waals surface area contributed by atoms with Gasteiger partial charge in [0.05, 0.1) is 12.5 Å². The first-order valence-corrected chi connectivity index (χ1v) is 5.24. The molecule has 2 N–H and O–H groups in total. The maximum absolute atomic E-state index is 5.75. The highest BCUT2D eigenvalue weighted by Crippen LogP contribution is 2.19. The van der Waals surface area contributed by atoms with E-state index in [1.807, 2.05) is 35.9 Å². The molecule has 5 nitrogen and oxygen atoms in total. The summed E-state index contributed by atoms with van der Waals surface area (Å²) in [6, 6.07) is 7.53. The van der Waals surface area contributed by atoms with Gasteiger partial charge in [-0.05, 0) is 12.1 Å². The molecule has 84 valence electrons. The quantitative estimate of drug-likeness (QED) is 0.639. The summed E-state index contributed by atoms with van der Waals surface area (Å²) in [7, 11) is 1.91. The van der Waals surface area contributed by atoms with E-state index in [2.05, 4.69) is 15.0 Å². The van der Waals surface area contributed by atoms with Gasteiger partial charge in [-0.15, -0.1) is 0 Å². The Labute approximate surface area is 98.0 Å². The predicted molar refractivity (Wildman–Crippen MR) is 66.2 cm³/mol. The molecule has 0 amide bonds. The van der Waals surface area contributed by atoms with Crippen molar-refractivity contribution in [2.75, 3.05) is 5.73 Å². The van der Waals surface area contributed by atoms with Crippen molar-refractivity contribution in [1.82, 2.24) is 19.5 Å². The van der Waals surface area contributed by atoms with Crippen molar-refractivity contribution in [3.8, 4) is 11.4 Å². The van der Waals surface area contributed by atoms with E-state index in [0.717, 1.165) is 16.7 Å². The number of imidazole rings is 1. The van der Waals surface area contributed by atoms with Crippen molar-refractivity contribution in [2.45, 2.75) is 0 Å². The first-order valence-electron chi connectivity index (χ1n) is 5.24. The van der Waals surface area contributed by atoms with Gasteiger partial charge in [-0.1, -0.05) is 12.1 Å². The van der Waals surface area contributed by atoms with Gasteiger partial charge >= 0.3 is 0 Å². The molecule has 1 aromatic carbocycles. The monoisotopic (exact) mass is 225 g/mol. The van der Waals surface area contributed by atoms with Crippen LogP contribution in [0.15, 0.2) is 36.8 Å². The lowest BCUT2D eigenvalue weighted by molar-refractivity contribution is 0.929. The topological polar surface area (TPSA) is 69.6 Å². The summed E-state index contributed by atoms with van der Waals surface area (Å²) in [6.45, 7) is 0. The maximum Gasteiger partial charge on any atom is 0.163 e. The van der Waals surface area contributed by atoms with E-state index in [9.17, 15) is 0 Å². The molecule has 3 rings (SSSR count). The van der Waals surface area contributed by atoms with Gasteiger partial charge in [0.1, 0.15) is 5.52 Å². The zero-order valence-corrected chi connectivity index (χ0v) is 9.33. The Bertz CT molecular complexity index is 686. The molecule has 0 atom stereocenters. The first kappa shape index (κ1) is 9.77. The number of aryl methyl sites for hydroxylation is 1. The number of nitrogen functional groups attached to an aromatic ring is 1. The third-order valence-corrected chi connectivity index (χ3v) is 2.60. The van der Waals surface area contributed by atoms with Crippen molar-refractivity contribution < 1.29 is 0 Å². The van der Waals surface area contributed by atoms with Crippen LogP contribution in [-0.2, 0) is 7.05 Å². The highest BCUT2D eigenvalue weighted by Gasteiger charge is 2.06. The number of nitrogens with two attached hydrogens (primary N) is 1. The van der Waals surface area contributed by atoms with Crippen molar-refractivity contribution in [1.29, 1.82) is 0 Å². The van der Waals surface area contributed by atoms with Crippen LogP contribution in [0, 0.1) is 0 Å². The lowest BCUT2D eigenvalue weighted by atomic mass is 10.2. The van der Waals surface area contributed by atoms with E-state index in [1.54, 1.807) is 12.5 Å². The second kappa shape index (κ2) is 3.55. The molecule has 3 aromatic rings. The Kier molecular flexibility index (Phi) is 2.04. The Balaban J connectivity index is 2.20. The van der Waals surface area contributed by atoms with Crippen LogP contribution in [0.1, 0.15) is 0 Å². The smallest absolute Gasteiger partial charge is 0.163 e. The zero-order chi connectivity index (χ0) is 11.8. The van der Waals surface area contributed by atoms with E-state index in [0.29, 0.717) is 11.5 Å². The molecule has 2 heterocycles. The molecule has 0 aliphatic carbocycles.